The van der Waals surface area contributed by atoms with E-state index in [0.29, 0.717) is 5.56 Å². The second kappa shape index (κ2) is 5.91. The largest absolute Gasteiger partial charge is 0.445 e. The average Bonchev–Trinajstić information content (AvgIpc) is 2.76. The SMILES string of the molecule is O=C(NC(=O)c1ccccc1)O[C@H]1CCC[C@@H]1S. The Balaban J connectivity index is 1.86. The fraction of sp³-hybridized carbons (Fsp3) is 0.385. The first-order chi connectivity index (χ1) is 8.66. The van der Waals surface area contributed by atoms with E-state index in [2.05, 4.69) is 17.9 Å². The Hall–Kier alpha value is -1.49. The molecule has 1 aliphatic carbocycles. The predicted molar refractivity (Wildman–Crippen MR) is 70.8 cm³/mol. The number of carbonyl (C=O) groups is 2. The highest BCUT2D eigenvalue weighted by Crippen LogP contribution is 2.26. The van der Waals surface area contributed by atoms with Gasteiger partial charge in [0.25, 0.3) is 5.91 Å². The molecule has 1 aromatic carbocycles. The minimum Gasteiger partial charge on any atom is -0.445 e. The lowest BCUT2D eigenvalue weighted by atomic mass is 10.2. The van der Waals surface area contributed by atoms with E-state index in [9.17, 15) is 9.59 Å². The Labute approximate surface area is 111 Å². The Bertz CT molecular complexity index is 435. The zero-order chi connectivity index (χ0) is 13.0. The summed E-state index contributed by atoms with van der Waals surface area (Å²) in [7, 11) is 0. The minimum atomic E-state index is -0.699. The van der Waals surface area contributed by atoms with Crippen molar-refractivity contribution < 1.29 is 14.3 Å². The highest BCUT2D eigenvalue weighted by Gasteiger charge is 2.28. The lowest BCUT2D eigenvalue weighted by molar-refractivity contribution is 0.0843. The van der Waals surface area contributed by atoms with Crippen molar-refractivity contribution in [3.63, 3.8) is 0 Å². The first-order valence-corrected chi connectivity index (χ1v) is 6.43. The second-order valence-electron chi connectivity index (χ2n) is 4.26. The van der Waals surface area contributed by atoms with Gasteiger partial charge in [0.05, 0.1) is 0 Å². The van der Waals surface area contributed by atoms with Gasteiger partial charge in [0.1, 0.15) is 6.10 Å². The molecule has 0 bridgehead atoms. The standard InChI is InChI=1S/C13H15NO3S/c15-12(9-5-2-1-3-6-9)14-13(16)17-10-7-4-8-11(10)18/h1-3,5-6,10-11,18H,4,7-8H2,(H,14,15,16)/t10-,11-/m0/s1. The number of hydrogen-bond donors (Lipinski definition) is 2. The van der Waals surface area contributed by atoms with Crippen LogP contribution >= 0.6 is 12.6 Å². The van der Waals surface area contributed by atoms with Crippen molar-refractivity contribution in [2.75, 3.05) is 0 Å². The van der Waals surface area contributed by atoms with Gasteiger partial charge in [0, 0.05) is 10.8 Å². The zero-order valence-electron chi connectivity index (χ0n) is 9.83. The van der Waals surface area contributed by atoms with Crippen LogP contribution in [0.3, 0.4) is 0 Å². The molecule has 5 heteroatoms. The van der Waals surface area contributed by atoms with Gasteiger partial charge in [0.15, 0.2) is 0 Å². The Morgan fingerprint density at radius 3 is 2.56 bits per heavy atom. The van der Waals surface area contributed by atoms with Crippen LogP contribution in [0.2, 0.25) is 0 Å². The van der Waals surface area contributed by atoms with E-state index in [-0.39, 0.29) is 11.4 Å². The number of imide groups is 1. The summed E-state index contributed by atoms with van der Waals surface area (Å²) in [6.07, 6.45) is 1.85. The zero-order valence-corrected chi connectivity index (χ0v) is 10.7. The fourth-order valence-corrected chi connectivity index (χ4v) is 2.36. The molecule has 2 rings (SSSR count). The van der Waals surface area contributed by atoms with Gasteiger partial charge in [0.2, 0.25) is 0 Å². The van der Waals surface area contributed by atoms with E-state index >= 15 is 0 Å². The fourth-order valence-electron chi connectivity index (χ4n) is 1.97. The van der Waals surface area contributed by atoms with Crippen molar-refractivity contribution in [2.24, 2.45) is 0 Å². The van der Waals surface area contributed by atoms with Crippen LogP contribution in [0.1, 0.15) is 29.6 Å². The number of amides is 2. The third kappa shape index (κ3) is 3.26. The third-order valence-corrected chi connectivity index (χ3v) is 3.52. The molecule has 0 aliphatic heterocycles. The summed E-state index contributed by atoms with van der Waals surface area (Å²) in [5.74, 6) is -0.450. The summed E-state index contributed by atoms with van der Waals surface area (Å²) < 4.78 is 5.17. The lowest BCUT2D eigenvalue weighted by Gasteiger charge is -2.15. The van der Waals surface area contributed by atoms with E-state index in [1.165, 1.54) is 0 Å². The number of ether oxygens (including phenoxy) is 1. The third-order valence-electron chi connectivity index (χ3n) is 2.93. The molecule has 4 nitrogen and oxygen atoms in total. The molecular weight excluding hydrogens is 250 g/mol. The van der Waals surface area contributed by atoms with Gasteiger partial charge in [-0.2, -0.15) is 12.6 Å². The molecule has 0 aromatic heterocycles. The molecule has 1 N–H and O–H groups in total. The summed E-state index contributed by atoms with van der Waals surface area (Å²) in [5, 5.41) is 2.28. The second-order valence-corrected chi connectivity index (χ2v) is 4.93. The molecule has 0 spiro atoms. The molecule has 1 aliphatic rings. The molecule has 1 aromatic rings. The van der Waals surface area contributed by atoms with E-state index in [0.717, 1.165) is 19.3 Å². The topological polar surface area (TPSA) is 55.4 Å². The van der Waals surface area contributed by atoms with Crippen LogP contribution in [0.4, 0.5) is 4.79 Å². The number of carbonyl (C=O) groups excluding carboxylic acids is 2. The van der Waals surface area contributed by atoms with E-state index in [1.54, 1.807) is 30.3 Å². The number of thiol groups is 1. The van der Waals surface area contributed by atoms with Gasteiger partial charge in [-0.25, -0.2) is 4.79 Å². The van der Waals surface area contributed by atoms with E-state index in [1.807, 2.05) is 0 Å². The van der Waals surface area contributed by atoms with Crippen molar-refractivity contribution in [1.82, 2.24) is 5.32 Å². The summed E-state index contributed by atoms with van der Waals surface area (Å²) in [6.45, 7) is 0. The highest BCUT2D eigenvalue weighted by atomic mass is 32.1. The van der Waals surface area contributed by atoms with Gasteiger partial charge < -0.3 is 4.74 Å². The van der Waals surface area contributed by atoms with Gasteiger partial charge in [-0.1, -0.05) is 18.2 Å². The average molecular weight is 265 g/mol. The van der Waals surface area contributed by atoms with Crippen LogP contribution in [0, 0.1) is 0 Å². The lowest BCUT2D eigenvalue weighted by Crippen LogP contribution is -2.35. The van der Waals surface area contributed by atoms with Crippen LogP contribution in [0.5, 0.6) is 0 Å². The smallest absolute Gasteiger partial charge is 0.414 e. The first kappa shape index (κ1) is 13.0. The van der Waals surface area contributed by atoms with Crippen LogP contribution in [-0.2, 0) is 4.74 Å². The maximum Gasteiger partial charge on any atom is 0.414 e. The number of nitrogens with one attached hydrogen (secondary N) is 1. The first-order valence-electron chi connectivity index (χ1n) is 5.92. The number of hydrogen-bond acceptors (Lipinski definition) is 4. The van der Waals surface area contributed by atoms with Crippen molar-refractivity contribution in [3.8, 4) is 0 Å². The van der Waals surface area contributed by atoms with Crippen LogP contribution < -0.4 is 5.32 Å². The van der Waals surface area contributed by atoms with E-state index in [4.69, 9.17) is 4.74 Å². The van der Waals surface area contributed by atoms with Gasteiger partial charge in [-0.15, -0.1) is 0 Å². The molecule has 0 heterocycles. The van der Waals surface area contributed by atoms with Crippen molar-refractivity contribution in [3.05, 3.63) is 35.9 Å². The van der Waals surface area contributed by atoms with Crippen LogP contribution in [-0.4, -0.2) is 23.4 Å². The summed E-state index contributed by atoms with van der Waals surface area (Å²) >= 11 is 4.33. The molecular formula is C13H15NO3S. The van der Waals surface area contributed by atoms with Crippen molar-refractivity contribution in [2.45, 2.75) is 30.6 Å². The Kier molecular flexibility index (Phi) is 4.25. The molecule has 2 amide bonds. The highest BCUT2D eigenvalue weighted by molar-refractivity contribution is 7.81. The molecule has 1 saturated carbocycles. The quantitative estimate of drug-likeness (QED) is 0.807. The molecule has 18 heavy (non-hydrogen) atoms. The van der Waals surface area contributed by atoms with Crippen LogP contribution in [0.25, 0.3) is 0 Å². The normalized spacial score (nSPS) is 22.5. The van der Waals surface area contributed by atoms with Crippen LogP contribution in [0.15, 0.2) is 30.3 Å². The van der Waals surface area contributed by atoms with E-state index < -0.39 is 12.0 Å². The molecule has 0 radical (unpaired) electrons. The number of rotatable bonds is 2. The van der Waals surface area contributed by atoms with Crippen molar-refractivity contribution >= 4 is 24.6 Å². The minimum absolute atomic E-state index is 0.0718. The summed E-state index contributed by atoms with van der Waals surface area (Å²) in [5.41, 5.74) is 0.434. The van der Waals surface area contributed by atoms with Gasteiger partial charge >= 0.3 is 6.09 Å². The van der Waals surface area contributed by atoms with Gasteiger partial charge in [-0.3, -0.25) is 10.1 Å². The monoisotopic (exact) mass is 265 g/mol. The summed E-state index contributed by atoms with van der Waals surface area (Å²) in [6, 6.07) is 8.56. The van der Waals surface area contributed by atoms with Crippen molar-refractivity contribution in [1.29, 1.82) is 0 Å². The van der Waals surface area contributed by atoms with Gasteiger partial charge in [-0.05, 0) is 31.4 Å². The molecule has 96 valence electrons. The Morgan fingerprint density at radius 2 is 1.94 bits per heavy atom. The maximum absolute atomic E-state index is 11.7. The molecule has 2 atom stereocenters. The Morgan fingerprint density at radius 1 is 1.22 bits per heavy atom. The molecule has 0 unspecified atom stereocenters. The summed E-state index contributed by atoms with van der Waals surface area (Å²) in [4.78, 5) is 23.2. The number of alkyl carbamates (subject to hydrolysis) is 1. The predicted octanol–water partition coefficient (Wildman–Crippen LogP) is 2.40. The molecule has 1 fully saturated rings. The maximum atomic E-state index is 11.7. The molecule has 0 saturated heterocycles. The number of benzene rings is 1.